The first-order chi connectivity index (χ1) is 5.65. The Hall–Kier alpha value is -0.590. The third kappa shape index (κ3) is 1.96. The van der Waals surface area contributed by atoms with E-state index in [1.54, 1.807) is 0 Å². The van der Waals surface area contributed by atoms with Gasteiger partial charge in [-0.25, -0.2) is 4.39 Å². The van der Waals surface area contributed by atoms with Gasteiger partial charge in [0.15, 0.2) is 0 Å². The van der Waals surface area contributed by atoms with Gasteiger partial charge in [0.25, 0.3) is 0 Å². The monoisotopic (exact) mass is 247 g/mol. The van der Waals surface area contributed by atoms with Gasteiger partial charge in [0.2, 0.25) is 0 Å². The maximum Gasteiger partial charge on any atom is 0.128 e. The molecule has 0 saturated carbocycles. The van der Waals surface area contributed by atoms with Gasteiger partial charge in [-0.2, -0.15) is 5.26 Å². The van der Waals surface area contributed by atoms with Crippen molar-refractivity contribution in [1.29, 1.82) is 5.26 Å². The molecule has 1 rings (SSSR count). The molecule has 0 aliphatic heterocycles. The molecule has 1 nitrogen and oxygen atoms in total. The number of nitrogens with zero attached hydrogens (tertiary/aromatic N) is 1. The second kappa shape index (κ2) is 3.88. The largest absolute Gasteiger partial charge is 0.207 e. The Labute approximate surface area is 82.9 Å². The van der Waals surface area contributed by atoms with Crippen LogP contribution < -0.4 is 0 Å². The second-order valence-electron chi connectivity index (χ2n) is 2.19. The van der Waals surface area contributed by atoms with Crippen LogP contribution in [0.2, 0.25) is 5.02 Å². The molecule has 0 amide bonds. The number of rotatable bonds is 1. The minimum Gasteiger partial charge on any atom is -0.207 e. The third-order valence-corrected chi connectivity index (χ3v) is 2.56. The van der Waals surface area contributed by atoms with E-state index in [-0.39, 0.29) is 6.42 Å². The van der Waals surface area contributed by atoms with Crippen molar-refractivity contribution in [2.75, 3.05) is 0 Å². The number of nitriles is 1. The number of benzene rings is 1. The lowest BCUT2D eigenvalue weighted by Gasteiger charge is -2.00. The van der Waals surface area contributed by atoms with Crippen molar-refractivity contribution in [3.8, 4) is 6.07 Å². The van der Waals surface area contributed by atoms with E-state index in [1.807, 2.05) is 6.07 Å². The van der Waals surface area contributed by atoms with Crippen molar-refractivity contribution < 1.29 is 4.39 Å². The molecule has 1 aromatic rings. The quantitative estimate of drug-likeness (QED) is 0.700. The molecule has 0 bridgehead atoms. The summed E-state index contributed by atoms with van der Waals surface area (Å²) in [4.78, 5) is 0. The predicted octanol–water partition coefficient (Wildman–Crippen LogP) is 3.31. The van der Waals surface area contributed by atoms with Gasteiger partial charge < -0.3 is 0 Å². The Bertz CT molecular complexity index is 346. The van der Waals surface area contributed by atoms with Crippen LogP contribution in [-0.4, -0.2) is 0 Å². The summed E-state index contributed by atoms with van der Waals surface area (Å²) in [5, 5.41) is 8.75. The first-order valence-electron chi connectivity index (χ1n) is 3.15. The Morgan fingerprint density at radius 3 is 2.83 bits per heavy atom. The molecule has 0 atom stereocenters. The molecule has 62 valence electrons. The van der Waals surface area contributed by atoms with E-state index >= 15 is 0 Å². The summed E-state index contributed by atoms with van der Waals surface area (Å²) in [7, 11) is 0. The molecule has 0 saturated heterocycles. The summed E-state index contributed by atoms with van der Waals surface area (Å²) in [6, 6.07) is 4.57. The Balaban J connectivity index is 3.16. The fourth-order valence-electron chi connectivity index (χ4n) is 0.784. The van der Waals surface area contributed by atoms with Crippen LogP contribution in [0.3, 0.4) is 0 Å². The fourth-order valence-corrected chi connectivity index (χ4v) is 1.29. The summed E-state index contributed by atoms with van der Waals surface area (Å²) in [6.45, 7) is 0. The van der Waals surface area contributed by atoms with E-state index in [4.69, 9.17) is 16.9 Å². The smallest absolute Gasteiger partial charge is 0.128 e. The molecular formula is C8H4BrClFN. The van der Waals surface area contributed by atoms with Crippen LogP contribution >= 0.6 is 27.5 Å². The highest BCUT2D eigenvalue weighted by molar-refractivity contribution is 9.10. The lowest BCUT2D eigenvalue weighted by atomic mass is 10.1. The SMILES string of the molecule is N#CCc1cc(Cl)c(Br)cc1F. The van der Waals surface area contributed by atoms with E-state index in [0.717, 1.165) is 0 Å². The minimum absolute atomic E-state index is 0.0405. The van der Waals surface area contributed by atoms with E-state index in [9.17, 15) is 4.39 Å². The molecule has 0 heterocycles. The van der Waals surface area contributed by atoms with Crippen LogP contribution in [0.5, 0.6) is 0 Å². The topological polar surface area (TPSA) is 23.8 Å². The molecule has 4 heteroatoms. The predicted molar refractivity (Wildman–Crippen MR) is 48.4 cm³/mol. The average molecular weight is 248 g/mol. The number of halogens is 3. The average Bonchev–Trinajstić information content (AvgIpc) is 2.01. The van der Waals surface area contributed by atoms with Gasteiger partial charge >= 0.3 is 0 Å². The van der Waals surface area contributed by atoms with E-state index in [1.165, 1.54) is 12.1 Å². The lowest BCUT2D eigenvalue weighted by molar-refractivity contribution is 0.614. The zero-order valence-corrected chi connectivity index (χ0v) is 8.28. The Kier molecular flexibility index (Phi) is 3.07. The maximum atomic E-state index is 13.0. The standard InChI is InChI=1S/C8H4BrClFN/c9-6-4-8(11)5(1-2-12)3-7(6)10/h3-4H,1H2. The van der Waals surface area contributed by atoms with Gasteiger partial charge in [-0.1, -0.05) is 11.6 Å². The normalized spacial score (nSPS) is 9.50. The summed E-state index contributed by atoms with van der Waals surface area (Å²) in [5.74, 6) is -0.409. The van der Waals surface area contributed by atoms with Crippen molar-refractivity contribution in [1.82, 2.24) is 0 Å². The van der Waals surface area contributed by atoms with Crippen LogP contribution in [0.1, 0.15) is 5.56 Å². The summed E-state index contributed by atoms with van der Waals surface area (Å²) in [6.07, 6.45) is 0.0405. The lowest BCUT2D eigenvalue weighted by Crippen LogP contribution is -1.88. The molecule has 0 aromatic heterocycles. The summed E-state index contributed by atoms with van der Waals surface area (Å²) < 4.78 is 13.5. The zero-order chi connectivity index (χ0) is 9.14. The van der Waals surface area contributed by atoms with Crippen LogP contribution in [0.25, 0.3) is 0 Å². The summed E-state index contributed by atoms with van der Waals surface area (Å²) in [5.41, 5.74) is 0.325. The minimum atomic E-state index is -0.409. The zero-order valence-electron chi connectivity index (χ0n) is 5.94. The molecule has 12 heavy (non-hydrogen) atoms. The van der Waals surface area contributed by atoms with Crippen molar-refractivity contribution in [3.05, 3.63) is 33.0 Å². The van der Waals surface area contributed by atoms with Crippen molar-refractivity contribution in [3.63, 3.8) is 0 Å². The van der Waals surface area contributed by atoms with Crippen LogP contribution in [0, 0.1) is 17.1 Å². The van der Waals surface area contributed by atoms with Gasteiger partial charge in [0, 0.05) is 10.0 Å². The molecule has 0 N–H and O–H groups in total. The van der Waals surface area contributed by atoms with Gasteiger partial charge in [0.1, 0.15) is 5.82 Å². The first kappa shape index (κ1) is 9.50. The van der Waals surface area contributed by atoms with Crippen molar-refractivity contribution in [2.24, 2.45) is 0 Å². The third-order valence-electron chi connectivity index (χ3n) is 1.36. The fraction of sp³-hybridized carbons (Fsp3) is 0.125. The summed E-state index contributed by atoms with van der Waals surface area (Å²) >= 11 is 8.78. The van der Waals surface area contributed by atoms with Gasteiger partial charge in [0.05, 0.1) is 17.5 Å². The van der Waals surface area contributed by atoms with Gasteiger partial charge in [-0.15, -0.1) is 0 Å². The molecule has 0 radical (unpaired) electrons. The van der Waals surface area contributed by atoms with Crippen molar-refractivity contribution >= 4 is 27.5 Å². The van der Waals surface area contributed by atoms with Crippen LogP contribution in [0.4, 0.5) is 4.39 Å². The van der Waals surface area contributed by atoms with E-state index < -0.39 is 5.82 Å². The van der Waals surface area contributed by atoms with Crippen LogP contribution in [0.15, 0.2) is 16.6 Å². The second-order valence-corrected chi connectivity index (χ2v) is 3.45. The number of hydrogen-bond acceptors (Lipinski definition) is 1. The van der Waals surface area contributed by atoms with Gasteiger partial charge in [-0.3, -0.25) is 0 Å². The molecule has 0 aliphatic rings. The molecule has 0 fully saturated rings. The highest BCUT2D eigenvalue weighted by atomic mass is 79.9. The Morgan fingerprint density at radius 1 is 1.58 bits per heavy atom. The molecular weight excluding hydrogens is 244 g/mol. The molecule has 0 spiro atoms. The maximum absolute atomic E-state index is 13.0. The molecule has 0 aliphatic carbocycles. The van der Waals surface area contributed by atoms with E-state index in [0.29, 0.717) is 15.1 Å². The Morgan fingerprint density at radius 2 is 2.25 bits per heavy atom. The van der Waals surface area contributed by atoms with Crippen LogP contribution in [-0.2, 0) is 6.42 Å². The number of hydrogen-bond donors (Lipinski definition) is 0. The van der Waals surface area contributed by atoms with Crippen molar-refractivity contribution in [2.45, 2.75) is 6.42 Å². The molecule has 0 unspecified atom stereocenters. The first-order valence-corrected chi connectivity index (χ1v) is 4.32. The van der Waals surface area contributed by atoms with E-state index in [2.05, 4.69) is 15.9 Å². The highest BCUT2D eigenvalue weighted by Crippen LogP contribution is 2.25. The molecule has 1 aromatic carbocycles. The van der Waals surface area contributed by atoms with Gasteiger partial charge in [-0.05, 0) is 28.1 Å². The highest BCUT2D eigenvalue weighted by Gasteiger charge is 2.05.